The number of benzene rings is 1. The van der Waals surface area contributed by atoms with Gasteiger partial charge in [0.25, 0.3) is 5.91 Å². The highest BCUT2D eigenvalue weighted by Gasteiger charge is 2.21. The third-order valence-corrected chi connectivity index (χ3v) is 3.77. The van der Waals surface area contributed by atoms with Gasteiger partial charge >= 0.3 is 0 Å². The SMILES string of the molecule is CN(C)CCN(Cc1ccco1)C(=O)c1cnc(-c2ccccc2)o1. The predicted molar refractivity (Wildman–Crippen MR) is 93.9 cm³/mol. The number of carbonyl (C=O) groups is 1. The van der Waals surface area contributed by atoms with Crippen molar-refractivity contribution in [3.05, 3.63) is 66.4 Å². The number of carbonyl (C=O) groups excluding carboxylic acids is 1. The first-order valence-electron chi connectivity index (χ1n) is 8.11. The molecule has 0 aliphatic heterocycles. The van der Waals surface area contributed by atoms with E-state index in [2.05, 4.69) is 4.98 Å². The molecule has 0 N–H and O–H groups in total. The Labute approximate surface area is 146 Å². The van der Waals surface area contributed by atoms with Gasteiger partial charge in [-0.15, -0.1) is 0 Å². The van der Waals surface area contributed by atoms with Gasteiger partial charge in [-0.05, 0) is 38.4 Å². The van der Waals surface area contributed by atoms with Crippen LogP contribution in [-0.2, 0) is 6.54 Å². The summed E-state index contributed by atoms with van der Waals surface area (Å²) in [6.45, 7) is 1.70. The lowest BCUT2D eigenvalue weighted by molar-refractivity contribution is 0.0688. The summed E-state index contributed by atoms with van der Waals surface area (Å²) >= 11 is 0. The second kappa shape index (κ2) is 7.81. The highest BCUT2D eigenvalue weighted by atomic mass is 16.4. The quantitative estimate of drug-likeness (QED) is 0.662. The topological polar surface area (TPSA) is 62.7 Å². The van der Waals surface area contributed by atoms with Gasteiger partial charge in [0.1, 0.15) is 5.76 Å². The van der Waals surface area contributed by atoms with Gasteiger partial charge in [0.2, 0.25) is 11.7 Å². The molecule has 0 unspecified atom stereocenters. The molecule has 0 saturated carbocycles. The van der Waals surface area contributed by atoms with Crippen molar-refractivity contribution in [1.29, 1.82) is 0 Å². The van der Waals surface area contributed by atoms with E-state index in [1.54, 1.807) is 11.2 Å². The largest absolute Gasteiger partial charge is 0.467 e. The molecule has 0 saturated heterocycles. The van der Waals surface area contributed by atoms with Crippen LogP contribution < -0.4 is 0 Å². The molecule has 3 aromatic rings. The van der Waals surface area contributed by atoms with Crippen LogP contribution in [0.4, 0.5) is 0 Å². The standard InChI is InChI=1S/C19H21N3O3/c1-21(2)10-11-22(14-16-9-6-12-24-16)19(23)17-13-20-18(25-17)15-7-4-3-5-8-15/h3-9,12-13H,10-11,14H2,1-2H3. The van der Waals surface area contributed by atoms with Crippen LogP contribution in [0.2, 0.25) is 0 Å². The van der Waals surface area contributed by atoms with Gasteiger partial charge in [-0.1, -0.05) is 18.2 Å². The average Bonchev–Trinajstić information content (AvgIpc) is 3.30. The summed E-state index contributed by atoms with van der Waals surface area (Å²) in [5, 5.41) is 0. The summed E-state index contributed by atoms with van der Waals surface area (Å²) < 4.78 is 11.1. The maximum absolute atomic E-state index is 12.9. The predicted octanol–water partition coefficient (Wildman–Crippen LogP) is 3.14. The van der Waals surface area contributed by atoms with Gasteiger partial charge in [-0.2, -0.15) is 0 Å². The van der Waals surface area contributed by atoms with Crippen LogP contribution in [0, 0.1) is 0 Å². The van der Waals surface area contributed by atoms with Crippen LogP contribution >= 0.6 is 0 Å². The monoisotopic (exact) mass is 339 g/mol. The fraction of sp³-hybridized carbons (Fsp3) is 0.263. The summed E-state index contributed by atoms with van der Waals surface area (Å²) in [5.74, 6) is 1.20. The molecule has 0 radical (unpaired) electrons. The molecule has 0 aliphatic rings. The van der Waals surface area contributed by atoms with E-state index in [0.29, 0.717) is 19.0 Å². The van der Waals surface area contributed by atoms with Crippen LogP contribution in [0.5, 0.6) is 0 Å². The zero-order chi connectivity index (χ0) is 17.6. The number of likely N-dealkylation sites (N-methyl/N-ethyl adjacent to an activating group) is 1. The highest BCUT2D eigenvalue weighted by Crippen LogP contribution is 2.20. The molecule has 2 aromatic heterocycles. The molecule has 3 rings (SSSR count). The van der Waals surface area contributed by atoms with Gasteiger partial charge < -0.3 is 18.6 Å². The lowest BCUT2D eigenvalue weighted by atomic mass is 10.2. The molecule has 6 nitrogen and oxygen atoms in total. The molecule has 0 atom stereocenters. The zero-order valence-electron chi connectivity index (χ0n) is 14.4. The number of furan rings is 1. The normalized spacial score (nSPS) is 11.0. The Morgan fingerprint density at radius 1 is 1.08 bits per heavy atom. The van der Waals surface area contributed by atoms with Crippen LogP contribution in [0.25, 0.3) is 11.5 Å². The van der Waals surface area contributed by atoms with Crippen LogP contribution in [-0.4, -0.2) is 47.9 Å². The summed E-state index contributed by atoms with van der Waals surface area (Å²) in [4.78, 5) is 20.8. The van der Waals surface area contributed by atoms with E-state index in [0.717, 1.165) is 17.9 Å². The number of oxazole rings is 1. The van der Waals surface area contributed by atoms with Crippen LogP contribution in [0.1, 0.15) is 16.3 Å². The molecule has 0 spiro atoms. The maximum atomic E-state index is 12.9. The second-order valence-corrected chi connectivity index (χ2v) is 6.01. The number of amides is 1. The van der Waals surface area contributed by atoms with Gasteiger partial charge in [0, 0.05) is 18.7 Å². The molecule has 0 fully saturated rings. The minimum atomic E-state index is -0.201. The number of aromatic nitrogens is 1. The van der Waals surface area contributed by atoms with E-state index < -0.39 is 0 Å². The van der Waals surface area contributed by atoms with Crippen LogP contribution in [0.3, 0.4) is 0 Å². The van der Waals surface area contributed by atoms with E-state index in [1.807, 2.05) is 61.5 Å². The van der Waals surface area contributed by atoms with E-state index in [1.165, 1.54) is 6.20 Å². The van der Waals surface area contributed by atoms with Gasteiger partial charge in [0.15, 0.2) is 0 Å². The minimum Gasteiger partial charge on any atom is -0.467 e. The number of nitrogens with zero attached hydrogens (tertiary/aromatic N) is 3. The van der Waals surface area contributed by atoms with Crippen molar-refractivity contribution in [3.63, 3.8) is 0 Å². The van der Waals surface area contributed by atoms with E-state index in [-0.39, 0.29) is 11.7 Å². The van der Waals surface area contributed by atoms with Crippen molar-refractivity contribution >= 4 is 5.91 Å². The fourth-order valence-electron chi connectivity index (χ4n) is 2.41. The van der Waals surface area contributed by atoms with Crippen molar-refractivity contribution in [2.75, 3.05) is 27.2 Å². The first-order valence-corrected chi connectivity index (χ1v) is 8.11. The lowest BCUT2D eigenvalue weighted by Gasteiger charge is -2.22. The van der Waals surface area contributed by atoms with E-state index in [9.17, 15) is 4.79 Å². The van der Waals surface area contributed by atoms with Crippen molar-refractivity contribution in [3.8, 4) is 11.5 Å². The Hall–Kier alpha value is -2.86. The second-order valence-electron chi connectivity index (χ2n) is 6.01. The zero-order valence-corrected chi connectivity index (χ0v) is 14.4. The molecular formula is C19H21N3O3. The fourth-order valence-corrected chi connectivity index (χ4v) is 2.41. The Kier molecular flexibility index (Phi) is 5.30. The molecular weight excluding hydrogens is 318 g/mol. The van der Waals surface area contributed by atoms with Crippen LogP contribution in [0.15, 0.2) is 63.8 Å². The molecule has 1 amide bonds. The van der Waals surface area contributed by atoms with Gasteiger partial charge in [-0.3, -0.25) is 4.79 Å². The Morgan fingerprint density at radius 3 is 2.56 bits per heavy atom. The Balaban J connectivity index is 1.78. The smallest absolute Gasteiger partial charge is 0.291 e. The Morgan fingerprint density at radius 2 is 1.88 bits per heavy atom. The summed E-state index contributed by atoms with van der Waals surface area (Å²) in [7, 11) is 3.94. The molecule has 6 heteroatoms. The van der Waals surface area contributed by atoms with Gasteiger partial charge in [0.05, 0.1) is 19.0 Å². The summed E-state index contributed by atoms with van der Waals surface area (Å²) in [5.41, 5.74) is 0.840. The van der Waals surface area contributed by atoms with Gasteiger partial charge in [-0.25, -0.2) is 4.98 Å². The Bertz CT molecular complexity index is 794. The first kappa shape index (κ1) is 17.0. The third kappa shape index (κ3) is 4.36. The summed E-state index contributed by atoms with van der Waals surface area (Å²) in [6.07, 6.45) is 3.08. The van der Waals surface area contributed by atoms with Crippen molar-refractivity contribution in [2.45, 2.75) is 6.54 Å². The first-order chi connectivity index (χ1) is 12.1. The van der Waals surface area contributed by atoms with Crippen molar-refractivity contribution < 1.29 is 13.6 Å². The van der Waals surface area contributed by atoms with Crippen molar-refractivity contribution in [1.82, 2.24) is 14.8 Å². The molecule has 0 aliphatic carbocycles. The van der Waals surface area contributed by atoms with Crippen molar-refractivity contribution in [2.24, 2.45) is 0 Å². The molecule has 25 heavy (non-hydrogen) atoms. The maximum Gasteiger partial charge on any atom is 0.291 e. The number of hydrogen-bond donors (Lipinski definition) is 0. The average molecular weight is 339 g/mol. The molecule has 0 bridgehead atoms. The third-order valence-electron chi connectivity index (χ3n) is 3.77. The minimum absolute atomic E-state index is 0.201. The number of rotatable bonds is 7. The van der Waals surface area contributed by atoms with E-state index in [4.69, 9.17) is 8.83 Å². The van der Waals surface area contributed by atoms with E-state index >= 15 is 0 Å². The molecule has 1 aromatic carbocycles. The highest BCUT2D eigenvalue weighted by molar-refractivity contribution is 5.91. The molecule has 2 heterocycles. The number of hydrogen-bond acceptors (Lipinski definition) is 5. The lowest BCUT2D eigenvalue weighted by Crippen LogP contribution is -2.36. The molecule has 130 valence electrons. The summed E-state index contributed by atoms with van der Waals surface area (Å²) in [6, 6.07) is 13.2.